The molecule has 126 valence electrons. The summed E-state index contributed by atoms with van der Waals surface area (Å²) in [7, 11) is 0. The molecule has 2 N–H and O–H groups in total. The lowest BCUT2D eigenvalue weighted by atomic mass is 9.99. The summed E-state index contributed by atoms with van der Waals surface area (Å²) >= 11 is 0. The highest BCUT2D eigenvalue weighted by atomic mass is 35.5. The van der Waals surface area contributed by atoms with Crippen LogP contribution >= 0.6 is 12.4 Å². The van der Waals surface area contributed by atoms with Crippen LogP contribution in [0.5, 0.6) is 5.75 Å². The molecule has 0 amide bonds. The Balaban J connectivity index is 0.00000192. The fourth-order valence-electron chi connectivity index (χ4n) is 2.80. The number of para-hydroxylation sites is 1. The first-order valence-corrected chi connectivity index (χ1v) is 7.66. The van der Waals surface area contributed by atoms with E-state index in [9.17, 15) is 4.39 Å². The molecule has 7 heteroatoms. The molecule has 1 aromatic carbocycles. The number of hydrogen-bond donors (Lipinski definition) is 1. The quantitative estimate of drug-likeness (QED) is 0.893. The van der Waals surface area contributed by atoms with Gasteiger partial charge in [-0.2, -0.15) is 4.98 Å². The minimum absolute atomic E-state index is 0. The van der Waals surface area contributed by atoms with Crippen molar-refractivity contribution in [1.29, 1.82) is 0 Å². The van der Waals surface area contributed by atoms with E-state index in [0.29, 0.717) is 18.1 Å². The molecule has 0 radical (unpaired) electrons. The molecule has 1 aliphatic carbocycles. The molecule has 0 bridgehead atoms. The van der Waals surface area contributed by atoms with Crippen LogP contribution in [0.1, 0.15) is 56.8 Å². The van der Waals surface area contributed by atoms with Gasteiger partial charge in [0.1, 0.15) is 0 Å². The van der Waals surface area contributed by atoms with Crippen LogP contribution in [0.25, 0.3) is 0 Å². The molecule has 1 saturated carbocycles. The van der Waals surface area contributed by atoms with Crippen molar-refractivity contribution in [1.82, 2.24) is 10.1 Å². The predicted molar refractivity (Wildman–Crippen MR) is 85.9 cm³/mol. The summed E-state index contributed by atoms with van der Waals surface area (Å²) in [5.74, 6) is 0.636. The monoisotopic (exact) mass is 341 g/mol. The van der Waals surface area contributed by atoms with Gasteiger partial charge in [0.05, 0.1) is 5.54 Å². The van der Waals surface area contributed by atoms with Gasteiger partial charge in [-0.15, -0.1) is 12.4 Å². The van der Waals surface area contributed by atoms with E-state index < -0.39 is 17.5 Å². The molecule has 0 spiro atoms. The molecule has 5 nitrogen and oxygen atoms in total. The van der Waals surface area contributed by atoms with Gasteiger partial charge < -0.3 is 15.0 Å². The Morgan fingerprint density at radius 1 is 1.35 bits per heavy atom. The summed E-state index contributed by atoms with van der Waals surface area (Å²) in [6, 6.07) is 6.27. The van der Waals surface area contributed by atoms with Crippen molar-refractivity contribution in [2.24, 2.45) is 5.73 Å². The standard InChI is InChI=1S/C16H20FN3O2.ClH/c1-2-12(21-13-8-4-3-7-11(13)17)14-19-15(20-22-14)16(18)9-5-6-10-16;/h3-4,7-8,12H,2,5-6,9-10,18H2,1H3;1H. The normalized spacial score (nSPS) is 17.5. The van der Waals surface area contributed by atoms with Gasteiger partial charge in [0.2, 0.25) is 0 Å². The van der Waals surface area contributed by atoms with Gasteiger partial charge >= 0.3 is 0 Å². The number of halogens is 2. The highest BCUT2D eigenvalue weighted by Gasteiger charge is 2.36. The van der Waals surface area contributed by atoms with Crippen LogP contribution in [0.15, 0.2) is 28.8 Å². The van der Waals surface area contributed by atoms with E-state index in [4.69, 9.17) is 15.0 Å². The van der Waals surface area contributed by atoms with Crippen molar-refractivity contribution >= 4 is 12.4 Å². The van der Waals surface area contributed by atoms with Gasteiger partial charge in [-0.1, -0.05) is 37.1 Å². The van der Waals surface area contributed by atoms with Crippen LogP contribution in [0.3, 0.4) is 0 Å². The van der Waals surface area contributed by atoms with Crippen LogP contribution in [0.2, 0.25) is 0 Å². The molecule has 0 saturated heterocycles. The average molecular weight is 342 g/mol. The van der Waals surface area contributed by atoms with Crippen molar-refractivity contribution in [3.63, 3.8) is 0 Å². The van der Waals surface area contributed by atoms with E-state index in [1.807, 2.05) is 6.92 Å². The van der Waals surface area contributed by atoms with Gasteiger partial charge in [0, 0.05) is 0 Å². The fraction of sp³-hybridized carbons (Fsp3) is 0.500. The number of nitrogens with zero attached hydrogens (tertiary/aromatic N) is 2. The van der Waals surface area contributed by atoms with Crippen molar-refractivity contribution in [3.05, 3.63) is 41.8 Å². The molecule has 3 rings (SSSR count). The van der Waals surface area contributed by atoms with E-state index in [1.165, 1.54) is 6.07 Å². The molecule has 1 heterocycles. The van der Waals surface area contributed by atoms with Crippen LogP contribution in [0.4, 0.5) is 4.39 Å². The second-order valence-corrected chi connectivity index (χ2v) is 5.76. The van der Waals surface area contributed by atoms with Crippen molar-refractivity contribution in [2.45, 2.75) is 50.7 Å². The number of aromatic nitrogens is 2. The Morgan fingerprint density at radius 3 is 2.70 bits per heavy atom. The molecule has 1 aliphatic rings. The third kappa shape index (κ3) is 3.64. The minimum Gasteiger partial charge on any atom is -0.478 e. The number of hydrogen-bond acceptors (Lipinski definition) is 5. The maximum atomic E-state index is 13.7. The Bertz CT molecular complexity index is 644. The Morgan fingerprint density at radius 2 is 2.04 bits per heavy atom. The van der Waals surface area contributed by atoms with Gasteiger partial charge in [-0.3, -0.25) is 0 Å². The maximum absolute atomic E-state index is 13.7. The SMILES string of the molecule is CCC(Oc1ccccc1F)c1nc(C2(N)CCCC2)no1.Cl. The lowest BCUT2D eigenvalue weighted by Gasteiger charge is -2.18. The van der Waals surface area contributed by atoms with E-state index in [-0.39, 0.29) is 18.2 Å². The molecule has 0 aliphatic heterocycles. The topological polar surface area (TPSA) is 74.2 Å². The van der Waals surface area contributed by atoms with E-state index >= 15 is 0 Å². The third-order valence-electron chi connectivity index (χ3n) is 4.13. The van der Waals surface area contributed by atoms with Crippen molar-refractivity contribution in [2.75, 3.05) is 0 Å². The first-order chi connectivity index (χ1) is 10.6. The lowest BCUT2D eigenvalue weighted by Crippen LogP contribution is -2.34. The summed E-state index contributed by atoms with van der Waals surface area (Å²) in [6.45, 7) is 1.92. The zero-order chi connectivity index (χ0) is 15.6. The predicted octanol–water partition coefficient (Wildman–Crippen LogP) is 3.89. The second kappa shape index (κ2) is 7.27. The Labute approximate surface area is 140 Å². The second-order valence-electron chi connectivity index (χ2n) is 5.76. The maximum Gasteiger partial charge on any atom is 0.267 e. The van der Waals surface area contributed by atoms with Gasteiger partial charge in [-0.05, 0) is 31.4 Å². The van der Waals surface area contributed by atoms with E-state index in [0.717, 1.165) is 25.7 Å². The molecule has 2 aromatic rings. The van der Waals surface area contributed by atoms with E-state index in [2.05, 4.69) is 10.1 Å². The van der Waals surface area contributed by atoms with Crippen LogP contribution in [-0.4, -0.2) is 10.1 Å². The molecular formula is C16H21ClFN3O2. The Kier molecular flexibility index (Phi) is 5.59. The minimum atomic E-state index is -0.502. The number of rotatable bonds is 5. The van der Waals surface area contributed by atoms with Crippen molar-refractivity contribution < 1.29 is 13.7 Å². The number of benzene rings is 1. The van der Waals surface area contributed by atoms with Crippen LogP contribution < -0.4 is 10.5 Å². The highest BCUT2D eigenvalue weighted by Crippen LogP contribution is 2.35. The molecule has 1 fully saturated rings. The largest absolute Gasteiger partial charge is 0.478 e. The first kappa shape index (κ1) is 17.7. The zero-order valence-electron chi connectivity index (χ0n) is 13.0. The third-order valence-corrected chi connectivity index (χ3v) is 4.13. The molecular weight excluding hydrogens is 321 g/mol. The molecule has 1 atom stereocenters. The smallest absolute Gasteiger partial charge is 0.267 e. The van der Waals surface area contributed by atoms with Gasteiger partial charge in [-0.25, -0.2) is 4.39 Å². The summed E-state index contributed by atoms with van der Waals surface area (Å²) in [5.41, 5.74) is 5.82. The summed E-state index contributed by atoms with van der Waals surface area (Å²) in [6.07, 6.45) is 3.97. The van der Waals surface area contributed by atoms with Crippen molar-refractivity contribution in [3.8, 4) is 5.75 Å². The highest BCUT2D eigenvalue weighted by molar-refractivity contribution is 5.85. The summed E-state index contributed by atoms with van der Waals surface area (Å²) < 4.78 is 24.7. The van der Waals surface area contributed by atoms with Crippen LogP contribution in [0, 0.1) is 5.82 Å². The average Bonchev–Trinajstić information content (AvgIpc) is 3.16. The number of nitrogens with two attached hydrogens (primary N) is 1. The molecule has 1 aromatic heterocycles. The van der Waals surface area contributed by atoms with E-state index in [1.54, 1.807) is 18.2 Å². The Hall–Kier alpha value is -1.66. The lowest BCUT2D eigenvalue weighted by molar-refractivity contribution is 0.148. The van der Waals surface area contributed by atoms with Crippen LogP contribution in [-0.2, 0) is 5.54 Å². The van der Waals surface area contributed by atoms with Gasteiger partial charge in [0.25, 0.3) is 5.89 Å². The summed E-state index contributed by atoms with van der Waals surface area (Å²) in [5, 5.41) is 4.02. The zero-order valence-corrected chi connectivity index (χ0v) is 13.8. The van der Waals surface area contributed by atoms with Gasteiger partial charge in [0.15, 0.2) is 23.5 Å². The molecule has 23 heavy (non-hydrogen) atoms. The first-order valence-electron chi connectivity index (χ1n) is 7.66. The summed E-state index contributed by atoms with van der Waals surface area (Å²) in [4.78, 5) is 4.41. The fourth-order valence-corrected chi connectivity index (χ4v) is 2.80. The molecule has 1 unspecified atom stereocenters. The number of ether oxygens (including phenoxy) is 1.